The van der Waals surface area contributed by atoms with E-state index in [0.717, 1.165) is 51.2 Å². The summed E-state index contributed by atoms with van der Waals surface area (Å²) >= 11 is 0. The minimum Gasteiger partial charge on any atom is -0.347 e. The van der Waals surface area contributed by atoms with Gasteiger partial charge in [0.05, 0.1) is 0 Å². The molecule has 8 aromatic rings. The largest absolute Gasteiger partial charge is 0.347 e. The highest BCUT2D eigenvalue weighted by atomic mass is 16.2. The van der Waals surface area contributed by atoms with Crippen LogP contribution in [0.4, 0.5) is 56.9 Å². The van der Waals surface area contributed by atoms with Gasteiger partial charge < -0.3 is 25.3 Å². The van der Waals surface area contributed by atoms with E-state index in [2.05, 4.69) is 131 Å². The molecule has 0 aromatic heterocycles. The van der Waals surface area contributed by atoms with Crippen molar-refractivity contribution in [2.75, 3.05) is 20.0 Å². The van der Waals surface area contributed by atoms with Gasteiger partial charge in [0.15, 0.2) is 0 Å². The lowest BCUT2D eigenvalue weighted by atomic mass is 9.87. The van der Waals surface area contributed by atoms with Gasteiger partial charge in [0.25, 0.3) is 11.8 Å². The van der Waals surface area contributed by atoms with Gasteiger partial charge >= 0.3 is 0 Å². The Morgan fingerprint density at radius 2 is 0.615 bits per heavy atom. The second-order valence-electron chi connectivity index (χ2n) is 18.1. The zero-order valence-electron chi connectivity index (χ0n) is 37.9. The third-order valence-electron chi connectivity index (χ3n) is 11.0. The molecule has 0 radical (unpaired) electrons. The van der Waals surface area contributed by atoms with Gasteiger partial charge in [-0.3, -0.25) is 9.59 Å². The van der Waals surface area contributed by atoms with Crippen LogP contribution in [0.25, 0.3) is 0 Å². The molecule has 0 saturated heterocycles. The molecule has 0 saturated carbocycles. The fourth-order valence-electron chi connectivity index (χ4n) is 7.77. The van der Waals surface area contributed by atoms with Crippen molar-refractivity contribution in [1.82, 2.24) is 5.32 Å². The molecule has 0 atom stereocenters. The second-order valence-corrected chi connectivity index (χ2v) is 18.1. The maximum atomic E-state index is 13.7. The van der Waals surface area contributed by atoms with Gasteiger partial charge in [-0.05, 0) is 177 Å². The van der Waals surface area contributed by atoms with E-state index in [1.807, 2.05) is 148 Å². The molecule has 0 unspecified atom stereocenters. The number of nitrogens with one attached hydrogen (secondary N) is 2. The average Bonchev–Trinajstić information content (AvgIpc) is 3.31. The van der Waals surface area contributed by atoms with Gasteiger partial charge in [0, 0.05) is 73.5 Å². The minimum atomic E-state index is -0.339. The van der Waals surface area contributed by atoms with Gasteiger partial charge in [-0.15, -0.1) is 0 Å². The summed E-state index contributed by atoms with van der Waals surface area (Å²) in [5.41, 5.74) is 11.7. The van der Waals surface area contributed by atoms with Crippen molar-refractivity contribution in [2.24, 2.45) is 0 Å². The summed E-state index contributed by atoms with van der Waals surface area (Å²) in [4.78, 5) is 33.1. The Morgan fingerprint density at radius 3 is 0.938 bits per heavy atom. The van der Waals surface area contributed by atoms with Crippen LogP contribution in [0.3, 0.4) is 0 Å². The smallest absolute Gasteiger partial charge is 0.255 e. The number of hydrogen-bond donors (Lipinski definition) is 2. The molecule has 2 amide bonds. The van der Waals surface area contributed by atoms with E-state index in [1.165, 1.54) is 5.56 Å². The summed E-state index contributed by atoms with van der Waals surface area (Å²) in [6.07, 6.45) is 0. The number of anilines is 10. The molecule has 7 heteroatoms. The molecule has 0 aliphatic rings. The van der Waals surface area contributed by atoms with Crippen molar-refractivity contribution in [3.63, 3.8) is 0 Å². The summed E-state index contributed by atoms with van der Waals surface area (Å²) in [5, 5.41) is 6.12. The van der Waals surface area contributed by atoms with Crippen molar-refractivity contribution in [1.29, 1.82) is 0 Å². The molecule has 7 nitrogen and oxygen atoms in total. The van der Waals surface area contributed by atoms with Crippen LogP contribution in [0.1, 0.15) is 67.8 Å². The zero-order chi connectivity index (χ0) is 45.6. The van der Waals surface area contributed by atoms with Crippen molar-refractivity contribution < 1.29 is 9.59 Å². The van der Waals surface area contributed by atoms with E-state index in [1.54, 1.807) is 0 Å². The van der Waals surface area contributed by atoms with Gasteiger partial charge in [-0.25, -0.2) is 0 Å². The number of carbonyl (C=O) groups excluding carboxylic acids is 2. The predicted octanol–water partition coefficient (Wildman–Crippen LogP) is 15.2. The summed E-state index contributed by atoms with van der Waals surface area (Å²) < 4.78 is 0. The molecule has 0 heterocycles. The third-order valence-corrected chi connectivity index (χ3v) is 11.0. The minimum absolute atomic E-state index is 0.0615. The third kappa shape index (κ3) is 10.5. The first-order valence-corrected chi connectivity index (χ1v) is 22.0. The number of para-hydroxylation sites is 3. The van der Waals surface area contributed by atoms with Crippen molar-refractivity contribution in [3.05, 3.63) is 229 Å². The normalized spacial score (nSPS) is 11.4. The zero-order valence-corrected chi connectivity index (χ0v) is 37.9. The Hall–Kier alpha value is -7.90. The van der Waals surface area contributed by atoms with Gasteiger partial charge in [0.1, 0.15) is 0 Å². The van der Waals surface area contributed by atoms with E-state index in [0.29, 0.717) is 16.8 Å². The van der Waals surface area contributed by atoms with E-state index in [9.17, 15) is 9.59 Å². The van der Waals surface area contributed by atoms with Gasteiger partial charge in [-0.2, -0.15) is 0 Å². The number of amides is 2. The highest BCUT2D eigenvalue weighted by Gasteiger charge is 2.20. The fraction of sp³-hybridized carbons (Fsp3) is 0.138. The van der Waals surface area contributed by atoms with Crippen LogP contribution >= 0.6 is 0 Å². The summed E-state index contributed by atoms with van der Waals surface area (Å²) in [7, 11) is 0. The van der Waals surface area contributed by atoms with E-state index in [-0.39, 0.29) is 22.8 Å². The lowest BCUT2D eigenvalue weighted by molar-refractivity contribution is 0.0919. The molecular formula is C58H55N5O2. The number of nitrogens with zero attached hydrogens (tertiary/aromatic N) is 3. The van der Waals surface area contributed by atoms with E-state index in [4.69, 9.17) is 0 Å². The molecule has 2 N–H and O–H groups in total. The lowest BCUT2D eigenvalue weighted by Gasteiger charge is -2.29. The molecule has 8 aromatic carbocycles. The van der Waals surface area contributed by atoms with Crippen LogP contribution in [0, 0.1) is 0 Å². The maximum Gasteiger partial charge on any atom is 0.255 e. The second kappa shape index (κ2) is 18.8. The Bertz CT molecular complexity index is 2820. The Morgan fingerprint density at radius 1 is 0.338 bits per heavy atom. The molecule has 0 aliphatic carbocycles. The lowest BCUT2D eigenvalue weighted by Crippen LogP contribution is -2.40. The first kappa shape index (κ1) is 43.7. The monoisotopic (exact) mass is 853 g/mol. The standard InChI is InChI=1S/C58H55N5O2/c1-57(2,3)44-26-34-51(35-27-44)62(47-18-12-8-13-19-47)53-38-40-54(41-39-53)63(48-20-14-9-15-21-48)52-36-28-45(29-37-52)59-55(64)42-22-30-49(31-23-42)61(46-16-10-7-11-17-46)50-32-24-43(25-33-50)56(65)60-58(4,5)6/h7-41H,1-6H3,(H,59,64)(H,60,65). The quantitative estimate of drug-likeness (QED) is 0.128. The first-order valence-electron chi connectivity index (χ1n) is 22.0. The first-order chi connectivity index (χ1) is 31.3. The van der Waals surface area contributed by atoms with Crippen LogP contribution in [0.15, 0.2) is 212 Å². The topological polar surface area (TPSA) is 67.9 Å². The molecule has 0 fully saturated rings. The molecule has 0 bridgehead atoms. The van der Waals surface area contributed by atoms with Crippen LogP contribution < -0.4 is 25.3 Å². The van der Waals surface area contributed by atoms with E-state index >= 15 is 0 Å². The van der Waals surface area contributed by atoms with Crippen LogP contribution in [0.2, 0.25) is 0 Å². The summed E-state index contributed by atoms with van der Waals surface area (Å²) in [5.74, 6) is -0.333. The van der Waals surface area contributed by atoms with Crippen LogP contribution in [-0.2, 0) is 5.41 Å². The number of benzene rings is 8. The van der Waals surface area contributed by atoms with Crippen molar-refractivity contribution in [3.8, 4) is 0 Å². The maximum absolute atomic E-state index is 13.7. The predicted molar refractivity (Wildman–Crippen MR) is 271 cm³/mol. The molecule has 324 valence electrons. The van der Waals surface area contributed by atoms with E-state index < -0.39 is 0 Å². The van der Waals surface area contributed by atoms with Crippen molar-refractivity contribution >= 4 is 68.7 Å². The highest BCUT2D eigenvalue weighted by molar-refractivity contribution is 6.04. The summed E-state index contributed by atoms with van der Waals surface area (Å²) in [6.45, 7) is 12.6. The molecule has 0 spiro atoms. The molecular weight excluding hydrogens is 799 g/mol. The van der Waals surface area contributed by atoms with Gasteiger partial charge in [0.2, 0.25) is 0 Å². The van der Waals surface area contributed by atoms with Crippen molar-refractivity contribution in [2.45, 2.75) is 52.5 Å². The van der Waals surface area contributed by atoms with Gasteiger partial charge in [-0.1, -0.05) is 87.5 Å². The fourth-order valence-corrected chi connectivity index (χ4v) is 7.77. The SMILES string of the molecule is CC(C)(C)NC(=O)c1ccc(N(c2ccccc2)c2ccc(C(=O)Nc3ccc(N(c4ccccc4)c4ccc(N(c5ccccc5)c5ccc(C(C)(C)C)cc5)cc4)cc3)cc2)cc1. The average molecular weight is 854 g/mol. The summed E-state index contributed by atoms with van der Waals surface area (Å²) in [6, 6.07) is 71.3. The van der Waals surface area contributed by atoms with Crippen LogP contribution in [0.5, 0.6) is 0 Å². The Labute approximate surface area is 383 Å². The number of rotatable bonds is 12. The highest BCUT2D eigenvalue weighted by Crippen LogP contribution is 2.40. The molecule has 65 heavy (non-hydrogen) atoms. The Kier molecular flexibility index (Phi) is 12.7. The van der Waals surface area contributed by atoms with Crippen LogP contribution in [-0.4, -0.2) is 17.4 Å². The number of carbonyl (C=O) groups is 2. The number of hydrogen-bond acceptors (Lipinski definition) is 5. The Balaban J connectivity index is 1.01. The molecule has 0 aliphatic heterocycles. The molecule has 8 rings (SSSR count).